The first-order chi connectivity index (χ1) is 14.8. The molecule has 5 nitrogen and oxygen atoms in total. The molecule has 3 aromatic carbocycles. The van der Waals surface area contributed by atoms with E-state index >= 15 is 0 Å². The summed E-state index contributed by atoms with van der Waals surface area (Å²) in [6, 6.07) is 13.7. The number of anilines is 1. The number of sulfonamides is 1. The lowest BCUT2D eigenvalue weighted by Crippen LogP contribution is -2.34. The van der Waals surface area contributed by atoms with Crippen LogP contribution in [-0.2, 0) is 10.0 Å². The maximum absolute atomic E-state index is 14.6. The average molecular weight is 551 g/mol. The van der Waals surface area contributed by atoms with E-state index in [0.717, 1.165) is 20.0 Å². The Morgan fingerprint density at radius 3 is 2.45 bits per heavy atom. The van der Waals surface area contributed by atoms with E-state index in [1.807, 2.05) is 6.07 Å². The molecule has 0 N–H and O–H groups in total. The first-order valence-corrected chi connectivity index (χ1v) is 11.8. The molecule has 9 heteroatoms. The van der Waals surface area contributed by atoms with Crippen molar-refractivity contribution in [3.8, 4) is 0 Å². The van der Waals surface area contributed by atoms with Crippen molar-refractivity contribution in [2.75, 3.05) is 4.31 Å². The standard InChI is InChI=1S/C22H16F2IN3O2S/c1-14(18-9-8-15(23)12-19(18)24)28(17-5-2-4-16(25)13-17)31(29,30)21-7-3-6-20-22(21)27-11-10-26-20/h2-14H,1H3/t14-/m1/s1. The topological polar surface area (TPSA) is 63.2 Å². The second-order valence-corrected chi connectivity index (χ2v) is 9.83. The first-order valence-electron chi connectivity index (χ1n) is 9.24. The predicted octanol–water partition coefficient (Wildman–Crippen LogP) is 5.47. The van der Waals surface area contributed by atoms with Gasteiger partial charge in [-0.1, -0.05) is 18.2 Å². The van der Waals surface area contributed by atoms with E-state index in [4.69, 9.17) is 0 Å². The number of rotatable bonds is 5. The number of aromatic nitrogens is 2. The maximum Gasteiger partial charge on any atom is 0.267 e. The van der Waals surface area contributed by atoms with E-state index in [2.05, 4.69) is 32.6 Å². The fourth-order valence-electron chi connectivity index (χ4n) is 3.43. The molecule has 0 saturated heterocycles. The van der Waals surface area contributed by atoms with E-state index in [9.17, 15) is 17.2 Å². The summed E-state index contributed by atoms with van der Waals surface area (Å²) >= 11 is 2.08. The number of para-hydroxylation sites is 1. The molecule has 1 aromatic heterocycles. The molecule has 0 aliphatic heterocycles. The minimum absolute atomic E-state index is 0.0497. The van der Waals surface area contributed by atoms with Crippen molar-refractivity contribution in [1.82, 2.24) is 9.97 Å². The SMILES string of the molecule is C[C@H](c1ccc(F)cc1F)N(c1cccc(I)c1)S(=O)(=O)c1cccc2nccnc12. The van der Waals surface area contributed by atoms with Crippen molar-refractivity contribution in [2.24, 2.45) is 0 Å². The van der Waals surface area contributed by atoms with Gasteiger partial charge in [-0.25, -0.2) is 17.2 Å². The number of hydrogen-bond donors (Lipinski definition) is 0. The van der Waals surface area contributed by atoms with Crippen LogP contribution in [0.5, 0.6) is 0 Å². The van der Waals surface area contributed by atoms with Crippen molar-refractivity contribution in [3.05, 3.63) is 93.8 Å². The third-order valence-electron chi connectivity index (χ3n) is 4.83. The number of fused-ring (bicyclic) bond motifs is 1. The molecule has 4 rings (SSSR count). The summed E-state index contributed by atoms with van der Waals surface area (Å²) in [6.07, 6.45) is 2.90. The summed E-state index contributed by atoms with van der Waals surface area (Å²) in [4.78, 5) is 8.34. The minimum atomic E-state index is -4.20. The van der Waals surface area contributed by atoms with Crippen LogP contribution in [0.25, 0.3) is 11.0 Å². The van der Waals surface area contributed by atoms with E-state index < -0.39 is 27.7 Å². The molecule has 0 bridgehead atoms. The zero-order valence-corrected chi connectivity index (χ0v) is 19.2. The van der Waals surface area contributed by atoms with Gasteiger partial charge < -0.3 is 0 Å². The molecule has 4 aromatic rings. The van der Waals surface area contributed by atoms with Crippen LogP contribution in [0, 0.1) is 15.2 Å². The average Bonchev–Trinajstić information content (AvgIpc) is 2.73. The summed E-state index contributed by atoms with van der Waals surface area (Å²) < 4.78 is 57.8. The zero-order chi connectivity index (χ0) is 22.2. The second kappa shape index (κ2) is 8.46. The lowest BCUT2D eigenvalue weighted by Gasteiger charge is -2.31. The van der Waals surface area contributed by atoms with Gasteiger partial charge in [-0.15, -0.1) is 0 Å². The number of nitrogens with zero attached hydrogens (tertiary/aromatic N) is 3. The highest BCUT2D eigenvalue weighted by Gasteiger charge is 2.33. The molecule has 0 aliphatic rings. The molecule has 0 amide bonds. The van der Waals surface area contributed by atoms with Crippen LogP contribution in [0.2, 0.25) is 0 Å². The Morgan fingerprint density at radius 1 is 0.968 bits per heavy atom. The molecule has 31 heavy (non-hydrogen) atoms. The Balaban J connectivity index is 1.96. The van der Waals surface area contributed by atoms with E-state index in [1.165, 1.54) is 24.5 Å². The Kier molecular flexibility index (Phi) is 5.89. The molecule has 0 radical (unpaired) electrons. The van der Waals surface area contributed by atoms with Crippen LogP contribution in [0.4, 0.5) is 14.5 Å². The summed E-state index contributed by atoms with van der Waals surface area (Å²) in [5.74, 6) is -1.56. The Labute approximate surface area is 192 Å². The molecule has 0 unspecified atom stereocenters. The number of hydrogen-bond acceptors (Lipinski definition) is 4. The van der Waals surface area contributed by atoms with Crippen molar-refractivity contribution in [2.45, 2.75) is 17.9 Å². The fourth-order valence-corrected chi connectivity index (χ4v) is 5.74. The molecule has 158 valence electrons. The molecule has 0 spiro atoms. The molecule has 0 saturated carbocycles. The predicted molar refractivity (Wildman–Crippen MR) is 123 cm³/mol. The van der Waals surface area contributed by atoms with Gasteiger partial charge in [0, 0.05) is 27.6 Å². The molecule has 0 aliphatic carbocycles. The highest BCUT2D eigenvalue weighted by atomic mass is 127. The monoisotopic (exact) mass is 551 g/mol. The van der Waals surface area contributed by atoms with Crippen LogP contribution in [-0.4, -0.2) is 18.4 Å². The maximum atomic E-state index is 14.6. The van der Waals surface area contributed by atoms with E-state index in [-0.39, 0.29) is 16.0 Å². The Hall–Kier alpha value is -2.66. The van der Waals surface area contributed by atoms with Crippen LogP contribution in [0.1, 0.15) is 18.5 Å². The third kappa shape index (κ3) is 4.11. The van der Waals surface area contributed by atoms with Crippen molar-refractivity contribution >= 4 is 49.3 Å². The highest BCUT2D eigenvalue weighted by molar-refractivity contribution is 14.1. The summed E-state index contributed by atoms with van der Waals surface area (Å²) in [7, 11) is -4.20. The Bertz CT molecular complexity index is 1380. The molecule has 1 atom stereocenters. The van der Waals surface area contributed by atoms with Crippen LogP contribution < -0.4 is 4.31 Å². The first kappa shape index (κ1) is 21.6. The van der Waals surface area contributed by atoms with Gasteiger partial charge in [-0.05, 0) is 65.9 Å². The van der Waals surface area contributed by atoms with Gasteiger partial charge in [0.1, 0.15) is 22.0 Å². The van der Waals surface area contributed by atoms with Crippen molar-refractivity contribution in [3.63, 3.8) is 0 Å². The molecule has 0 fully saturated rings. The largest absolute Gasteiger partial charge is 0.267 e. The summed E-state index contributed by atoms with van der Waals surface area (Å²) in [5.41, 5.74) is 1.04. The van der Waals surface area contributed by atoms with Crippen LogP contribution in [0.3, 0.4) is 0 Å². The lowest BCUT2D eigenvalue weighted by atomic mass is 10.1. The van der Waals surface area contributed by atoms with Crippen LogP contribution >= 0.6 is 22.6 Å². The summed E-state index contributed by atoms with van der Waals surface area (Å²) in [6.45, 7) is 1.56. The lowest BCUT2D eigenvalue weighted by molar-refractivity contribution is 0.554. The van der Waals surface area contributed by atoms with E-state index in [0.29, 0.717) is 11.2 Å². The van der Waals surface area contributed by atoms with Gasteiger partial charge in [0.2, 0.25) is 0 Å². The fraction of sp³-hybridized carbons (Fsp3) is 0.0909. The highest BCUT2D eigenvalue weighted by Crippen LogP contribution is 2.36. The molecule has 1 heterocycles. The van der Waals surface area contributed by atoms with Crippen molar-refractivity contribution < 1.29 is 17.2 Å². The smallest absolute Gasteiger partial charge is 0.259 e. The quantitative estimate of drug-likeness (QED) is 0.309. The van der Waals surface area contributed by atoms with Gasteiger partial charge in [0.15, 0.2) is 0 Å². The van der Waals surface area contributed by atoms with E-state index in [1.54, 1.807) is 37.3 Å². The van der Waals surface area contributed by atoms with Crippen molar-refractivity contribution in [1.29, 1.82) is 0 Å². The van der Waals surface area contributed by atoms with Gasteiger partial charge >= 0.3 is 0 Å². The van der Waals surface area contributed by atoms with Gasteiger partial charge in [0.25, 0.3) is 10.0 Å². The van der Waals surface area contributed by atoms with Gasteiger partial charge in [0.05, 0.1) is 17.2 Å². The second-order valence-electron chi connectivity index (χ2n) is 6.80. The number of benzene rings is 3. The number of halogens is 3. The van der Waals surface area contributed by atoms with Gasteiger partial charge in [-0.3, -0.25) is 14.3 Å². The summed E-state index contributed by atoms with van der Waals surface area (Å²) in [5, 5.41) is 0. The van der Waals surface area contributed by atoms with Gasteiger partial charge in [-0.2, -0.15) is 0 Å². The molecular formula is C22H16F2IN3O2S. The normalized spacial score (nSPS) is 12.6. The van der Waals surface area contributed by atoms with Crippen LogP contribution in [0.15, 0.2) is 78.0 Å². The third-order valence-corrected chi connectivity index (χ3v) is 7.43. The minimum Gasteiger partial charge on any atom is -0.259 e. The Morgan fingerprint density at radius 2 is 1.71 bits per heavy atom. The zero-order valence-electron chi connectivity index (χ0n) is 16.2. The molecular weight excluding hydrogens is 535 g/mol.